The lowest BCUT2D eigenvalue weighted by molar-refractivity contribution is 0.0777. The Balaban J connectivity index is 2.23. The summed E-state index contributed by atoms with van der Waals surface area (Å²) in [6, 6.07) is 5.88. The molecular weight excluding hydrogens is 278 g/mol. The van der Waals surface area contributed by atoms with Crippen molar-refractivity contribution in [1.82, 2.24) is 4.90 Å². The van der Waals surface area contributed by atoms with Gasteiger partial charge >= 0.3 is 0 Å². The van der Waals surface area contributed by atoms with E-state index >= 15 is 0 Å². The van der Waals surface area contributed by atoms with Crippen LogP contribution in [0.1, 0.15) is 36.2 Å². The van der Waals surface area contributed by atoms with Crippen molar-refractivity contribution >= 4 is 21.8 Å². The Labute approximate surface area is 111 Å². The average Bonchev–Trinajstić information content (AvgIpc) is 2.61. The van der Waals surface area contributed by atoms with Crippen LogP contribution in [0.15, 0.2) is 22.7 Å². The van der Waals surface area contributed by atoms with E-state index in [2.05, 4.69) is 29.8 Å². The van der Waals surface area contributed by atoms with E-state index in [0.29, 0.717) is 0 Å². The maximum atomic E-state index is 12.4. The molecule has 0 radical (unpaired) electrons. The summed E-state index contributed by atoms with van der Waals surface area (Å²) in [4.78, 5) is 14.4. The Kier molecular flexibility index (Phi) is 3.30. The highest BCUT2D eigenvalue weighted by atomic mass is 79.9. The van der Waals surface area contributed by atoms with E-state index in [4.69, 9.17) is 0 Å². The molecule has 17 heavy (non-hydrogen) atoms. The SMILES string of the molecule is Cc1ccc(Br)cc1C(=O)N1CCC(C)(C)C1. The Morgan fingerprint density at radius 2 is 2.12 bits per heavy atom. The van der Waals surface area contributed by atoms with Crippen molar-refractivity contribution in [3.8, 4) is 0 Å². The molecule has 2 nitrogen and oxygen atoms in total. The number of benzene rings is 1. The number of likely N-dealkylation sites (tertiary alicyclic amines) is 1. The van der Waals surface area contributed by atoms with E-state index in [-0.39, 0.29) is 11.3 Å². The Morgan fingerprint density at radius 1 is 1.41 bits per heavy atom. The standard InChI is InChI=1S/C14H18BrNO/c1-10-4-5-11(15)8-12(10)13(17)16-7-6-14(2,3)9-16/h4-5,8H,6-7,9H2,1-3H3. The molecule has 0 aliphatic carbocycles. The summed E-state index contributed by atoms with van der Waals surface area (Å²) < 4.78 is 0.963. The second-order valence-electron chi connectivity index (χ2n) is 5.60. The summed E-state index contributed by atoms with van der Waals surface area (Å²) >= 11 is 3.42. The molecule has 1 aliphatic heterocycles. The summed E-state index contributed by atoms with van der Waals surface area (Å²) in [6.07, 6.45) is 1.09. The highest BCUT2D eigenvalue weighted by molar-refractivity contribution is 9.10. The second kappa shape index (κ2) is 4.45. The van der Waals surface area contributed by atoms with Crippen molar-refractivity contribution in [2.24, 2.45) is 5.41 Å². The molecule has 1 aliphatic rings. The Morgan fingerprint density at radius 3 is 2.71 bits per heavy atom. The van der Waals surface area contributed by atoms with Crippen LogP contribution in [0.25, 0.3) is 0 Å². The summed E-state index contributed by atoms with van der Waals surface area (Å²) in [7, 11) is 0. The molecule has 0 bridgehead atoms. The van der Waals surface area contributed by atoms with Crippen LogP contribution in [-0.4, -0.2) is 23.9 Å². The summed E-state index contributed by atoms with van der Waals surface area (Å²) in [5.74, 6) is 0.161. The molecule has 2 rings (SSSR count). The number of nitrogens with zero attached hydrogens (tertiary/aromatic N) is 1. The number of amides is 1. The Hall–Kier alpha value is -0.830. The van der Waals surface area contributed by atoms with E-state index in [1.54, 1.807) is 0 Å². The average molecular weight is 296 g/mol. The maximum Gasteiger partial charge on any atom is 0.254 e. The number of rotatable bonds is 1. The molecule has 3 heteroatoms. The number of aryl methyl sites for hydroxylation is 1. The van der Waals surface area contributed by atoms with Crippen LogP contribution >= 0.6 is 15.9 Å². The minimum absolute atomic E-state index is 0.161. The predicted octanol–water partition coefficient (Wildman–Crippen LogP) is 3.63. The van der Waals surface area contributed by atoms with Gasteiger partial charge < -0.3 is 4.90 Å². The zero-order chi connectivity index (χ0) is 12.6. The van der Waals surface area contributed by atoms with Crippen LogP contribution in [0, 0.1) is 12.3 Å². The van der Waals surface area contributed by atoms with Gasteiger partial charge in [0.25, 0.3) is 5.91 Å². The molecule has 1 fully saturated rings. The van der Waals surface area contributed by atoms with Gasteiger partial charge in [0.15, 0.2) is 0 Å². The van der Waals surface area contributed by atoms with E-state index in [1.807, 2.05) is 30.0 Å². The third kappa shape index (κ3) is 2.71. The van der Waals surface area contributed by atoms with Gasteiger partial charge in [-0.05, 0) is 36.5 Å². The van der Waals surface area contributed by atoms with Crippen molar-refractivity contribution in [2.45, 2.75) is 27.2 Å². The van der Waals surface area contributed by atoms with Gasteiger partial charge in [0.2, 0.25) is 0 Å². The molecule has 1 amide bonds. The first kappa shape index (κ1) is 12.6. The zero-order valence-electron chi connectivity index (χ0n) is 10.6. The van der Waals surface area contributed by atoms with Gasteiger partial charge in [-0.15, -0.1) is 0 Å². The third-order valence-electron chi connectivity index (χ3n) is 3.39. The highest BCUT2D eigenvalue weighted by Crippen LogP contribution is 2.30. The minimum Gasteiger partial charge on any atom is -0.338 e. The van der Waals surface area contributed by atoms with Crippen LogP contribution in [0.2, 0.25) is 0 Å². The zero-order valence-corrected chi connectivity index (χ0v) is 12.2. The largest absolute Gasteiger partial charge is 0.338 e. The van der Waals surface area contributed by atoms with Crippen LogP contribution in [0.3, 0.4) is 0 Å². The van der Waals surface area contributed by atoms with Gasteiger partial charge in [0.1, 0.15) is 0 Å². The first-order valence-corrected chi connectivity index (χ1v) is 6.74. The predicted molar refractivity (Wildman–Crippen MR) is 73.2 cm³/mol. The number of hydrogen-bond donors (Lipinski definition) is 0. The van der Waals surface area contributed by atoms with Crippen LogP contribution in [0.5, 0.6) is 0 Å². The molecule has 0 aromatic heterocycles. The first-order valence-electron chi connectivity index (χ1n) is 5.94. The summed E-state index contributed by atoms with van der Waals surface area (Å²) in [5.41, 5.74) is 2.12. The normalized spacial score (nSPS) is 18.5. The molecule has 0 unspecified atom stereocenters. The summed E-state index contributed by atoms with van der Waals surface area (Å²) in [5, 5.41) is 0. The number of carbonyl (C=O) groups excluding carboxylic acids is 1. The quantitative estimate of drug-likeness (QED) is 0.775. The van der Waals surface area contributed by atoms with E-state index in [9.17, 15) is 4.79 Å². The van der Waals surface area contributed by atoms with E-state index < -0.39 is 0 Å². The van der Waals surface area contributed by atoms with Crippen molar-refractivity contribution in [2.75, 3.05) is 13.1 Å². The van der Waals surface area contributed by atoms with Gasteiger partial charge in [0.05, 0.1) is 0 Å². The van der Waals surface area contributed by atoms with Gasteiger partial charge in [-0.3, -0.25) is 4.79 Å². The van der Waals surface area contributed by atoms with Gasteiger partial charge in [-0.2, -0.15) is 0 Å². The molecule has 0 N–H and O–H groups in total. The highest BCUT2D eigenvalue weighted by Gasteiger charge is 2.32. The first-order chi connectivity index (χ1) is 7.89. The fraction of sp³-hybridized carbons (Fsp3) is 0.500. The lowest BCUT2D eigenvalue weighted by Crippen LogP contribution is -2.30. The number of halogens is 1. The van der Waals surface area contributed by atoms with Gasteiger partial charge in [-0.1, -0.05) is 35.8 Å². The van der Waals surface area contributed by atoms with Crippen LogP contribution < -0.4 is 0 Å². The van der Waals surface area contributed by atoms with Crippen LogP contribution in [-0.2, 0) is 0 Å². The second-order valence-corrected chi connectivity index (χ2v) is 6.52. The number of hydrogen-bond acceptors (Lipinski definition) is 1. The minimum atomic E-state index is 0.161. The van der Waals surface area contributed by atoms with Gasteiger partial charge in [-0.25, -0.2) is 0 Å². The molecular formula is C14H18BrNO. The fourth-order valence-corrected chi connectivity index (χ4v) is 2.64. The molecule has 1 saturated heterocycles. The van der Waals surface area contributed by atoms with Crippen molar-refractivity contribution in [3.63, 3.8) is 0 Å². The lowest BCUT2D eigenvalue weighted by Gasteiger charge is -2.20. The third-order valence-corrected chi connectivity index (χ3v) is 3.89. The van der Waals surface area contributed by atoms with E-state index in [1.165, 1.54) is 0 Å². The maximum absolute atomic E-state index is 12.4. The van der Waals surface area contributed by atoms with Crippen molar-refractivity contribution in [3.05, 3.63) is 33.8 Å². The molecule has 1 heterocycles. The molecule has 1 aromatic carbocycles. The monoisotopic (exact) mass is 295 g/mol. The lowest BCUT2D eigenvalue weighted by atomic mass is 9.93. The van der Waals surface area contributed by atoms with Gasteiger partial charge in [0, 0.05) is 23.1 Å². The van der Waals surface area contributed by atoms with E-state index in [0.717, 1.165) is 35.1 Å². The topological polar surface area (TPSA) is 20.3 Å². The molecule has 0 atom stereocenters. The molecule has 92 valence electrons. The van der Waals surface area contributed by atoms with Crippen LogP contribution in [0.4, 0.5) is 0 Å². The molecule has 0 saturated carbocycles. The Bertz CT molecular complexity index is 454. The van der Waals surface area contributed by atoms with Crippen molar-refractivity contribution < 1.29 is 4.79 Å². The van der Waals surface area contributed by atoms with Crippen molar-refractivity contribution in [1.29, 1.82) is 0 Å². The molecule has 0 spiro atoms. The fourth-order valence-electron chi connectivity index (χ4n) is 2.28. The summed E-state index contributed by atoms with van der Waals surface area (Å²) in [6.45, 7) is 8.15. The smallest absolute Gasteiger partial charge is 0.254 e. The molecule has 1 aromatic rings. The number of carbonyl (C=O) groups is 1.